The molecule has 1 atom stereocenters. The van der Waals surface area contributed by atoms with Crippen LogP contribution in [-0.4, -0.2) is 4.57 Å². The summed E-state index contributed by atoms with van der Waals surface area (Å²) < 4.78 is 2.33. The Bertz CT molecular complexity index is 795. The third kappa shape index (κ3) is 0.799. The van der Waals surface area contributed by atoms with Gasteiger partial charge in [-0.1, -0.05) is 36.4 Å². The largest absolute Gasteiger partial charge is 0.320 e. The molecule has 0 fully saturated rings. The third-order valence-electron chi connectivity index (χ3n) is 4.27. The number of benzene rings is 2. The fraction of sp³-hybridized carbons (Fsp3) is 0.0588. The maximum atomic E-state index is 2.33. The molecule has 5 rings (SSSR count). The van der Waals surface area contributed by atoms with Gasteiger partial charge in [0.15, 0.2) is 0 Å². The van der Waals surface area contributed by atoms with Gasteiger partial charge in [0, 0.05) is 11.9 Å². The zero-order valence-electron chi connectivity index (χ0n) is 9.80. The van der Waals surface area contributed by atoms with Crippen molar-refractivity contribution in [2.24, 2.45) is 0 Å². The first kappa shape index (κ1) is 8.76. The van der Waals surface area contributed by atoms with Crippen LogP contribution in [0, 0.1) is 0 Å². The van der Waals surface area contributed by atoms with Crippen molar-refractivity contribution in [3.05, 3.63) is 77.6 Å². The first-order valence-electron chi connectivity index (χ1n) is 6.35. The Balaban J connectivity index is 2.00. The topological polar surface area (TPSA) is 4.93 Å². The minimum absolute atomic E-state index is 0.447. The van der Waals surface area contributed by atoms with Crippen molar-refractivity contribution in [3.8, 4) is 16.8 Å². The SMILES string of the molecule is c1ccc2c(c1)-c1cccc3c1C2c1cccn1-3. The van der Waals surface area contributed by atoms with Crippen LogP contribution < -0.4 is 0 Å². The summed E-state index contributed by atoms with van der Waals surface area (Å²) in [6, 6.07) is 19.8. The quantitative estimate of drug-likeness (QED) is 0.379. The molecule has 0 saturated carbocycles. The summed E-state index contributed by atoms with van der Waals surface area (Å²) in [5, 5.41) is 0. The number of aromatic nitrogens is 1. The van der Waals surface area contributed by atoms with Gasteiger partial charge in [0.05, 0.1) is 11.6 Å². The molecule has 1 unspecified atom stereocenters. The number of hydrogen-bond acceptors (Lipinski definition) is 0. The predicted molar refractivity (Wildman–Crippen MR) is 72.2 cm³/mol. The van der Waals surface area contributed by atoms with Crippen LogP contribution >= 0.6 is 0 Å². The van der Waals surface area contributed by atoms with Gasteiger partial charge in [-0.15, -0.1) is 0 Å². The van der Waals surface area contributed by atoms with Crippen LogP contribution in [0.3, 0.4) is 0 Å². The van der Waals surface area contributed by atoms with Crippen molar-refractivity contribution in [2.45, 2.75) is 5.92 Å². The average Bonchev–Trinajstić information content (AvgIpc) is 3.06. The van der Waals surface area contributed by atoms with E-state index in [0.29, 0.717) is 5.92 Å². The Morgan fingerprint density at radius 1 is 0.778 bits per heavy atom. The molecular formula is C17H11N. The summed E-state index contributed by atoms with van der Waals surface area (Å²) in [7, 11) is 0. The van der Waals surface area contributed by atoms with Gasteiger partial charge in [0.25, 0.3) is 0 Å². The molecule has 2 aromatic carbocycles. The van der Waals surface area contributed by atoms with Crippen LogP contribution in [0.4, 0.5) is 0 Å². The maximum absolute atomic E-state index is 2.33. The van der Waals surface area contributed by atoms with E-state index in [4.69, 9.17) is 0 Å². The van der Waals surface area contributed by atoms with Crippen molar-refractivity contribution < 1.29 is 0 Å². The normalized spacial score (nSPS) is 17.4. The lowest BCUT2D eigenvalue weighted by Crippen LogP contribution is -1.95. The van der Waals surface area contributed by atoms with E-state index in [2.05, 4.69) is 65.4 Å². The van der Waals surface area contributed by atoms with Gasteiger partial charge in [-0.3, -0.25) is 0 Å². The lowest BCUT2D eigenvalue weighted by atomic mass is 9.96. The molecule has 2 aliphatic rings. The zero-order chi connectivity index (χ0) is 11.7. The maximum Gasteiger partial charge on any atom is 0.0529 e. The molecule has 1 aliphatic heterocycles. The first-order valence-corrected chi connectivity index (χ1v) is 6.35. The summed E-state index contributed by atoms with van der Waals surface area (Å²) in [6.07, 6.45) is 2.17. The Morgan fingerprint density at radius 3 is 2.67 bits per heavy atom. The van der Waals surface area contributed by atoms with E-state index in [9.17, 15) is 0 Å². The summed E-state index contributed by atoms with van der Waals surface area (Å²) in [4.78, 5) is 0. The molecule has 0 radical (unpaired) electrons. The highest BCUT2D eigenvalue weighted by atomic mass is 15.0. The standard InChI is InChI=1S/C17H11N/c1-2-6-12-11(5-1)13-7-3-8-14-17(13)16(12)15-9-4-10-18(14)15/h1-10,16H. The van der Waals surface area contributed by atoms with Gasteiger partial charge in [0.2, 0.25) is 0 Å². The monoisotopic (exact) mass is 229 g/mol. The molecule has 0 N–H and O–H groups in total. The summed E-state index contributed by atoms with van der Waals surface area (Å²) >= 11 is 0. The van der Waals surface area contributed by atoms with Gasteiger partial charge in [-0.2, -0.15) is 0 Å². The molecular weight excluding hydrogens is 218 g/mol. The molecule has 1 nitrogen and oxygen atoms in total. The van der Waals surface area contributed by atoms with Crippen LogP contribution in [0.2, 0.25) is 0 Å². The molecule has 1 aromatic heterocycles. The molecule has 3 aromatic rings. The Kier molecular flexibility index (Phi) is 1.34. The average molecular weight is 229 g/mol. The number of nitrogens with zero attached hydrogens (tertiary/aromatic N) is 1. The molecule has 0 saturated heterocycles. The Labute approximate surface area is 105 Å². The van der Waals surface area contributed by atoms with Gasteiger partial charge < -0.3 is 4.57 Å². The molecule has 0 spiro atoms. The van der Waals surface area contributed by atoms with E-state index in [0.717, 1.165) is 0 Å². The molecule has 1 heteroatoms. The van der Waals surface area contributed by atoms with Gasteiger partial charge in [0.1, 0.15) is 0 Å². The number of hydrogen-bond donors (Lipinski definition) is 0. The number of rotatable bonds is 0. The van der Waals surface area contributed by atoms with Crippen LogP contribution in [0.25, 0.3) is 16.8 Å². The molecule has 84 valence electrons. The van der Waals surface area contributed by atoms with E-state index >= 15 is 0 Å². The van der Waals surface area contributed by atoms with E-state index in [1.165, 1.54) is 33.6 Å². The van der Waals surface area contributed by atoms with Crippen LogP contribution in [-0.2, 0) is 0 Å². The van der Waals surface area contributed by atoms with E-state index < -0.39 is 0 Å². The van der Waals surface area contributed by atoms with Crippen LogP contribution in [0.15, 0.2) is 60.8 Å². The van der Waals surface area contributed by atoms with Crippen LogP contribution in [0.1, 0.15) is 22.7 Å². The van der Waals surface area contributed by atoms with Crippen molar-refractivity contribution >= 4 is 0 Å². The van der Waals surface area contributed by atoms with Gasteiger partial charge >= 0.3 is 0 Å². The van der Waals surface area contributed by atoms with Crippen molar-refractivity contribution in [3.63, 3.8) is 0 Å². The summed E-state index contributed by atoms with van der Waals surface area (Å²) in [6.45, 7) is 0. The minimum atomic E-state index is 0.447. The van der Waals surface area contributed by atoms with E-state index in [1.807, 2.05) is 0 Å². The second-order valence-corrected chi connectivity index (χ2v) is 5.06. The van der Waals surface area contributed by atoms with E-state index in [-0.39, 0.29) is 0 Å². The summed E-state index contributed by atoms with van der Waals surface area (Å²) in [5.41, 5.74) is 8.53. The Morgan fingerprint density at radius 2 is 1.67 bits per heavy atom. The van der Waals surface area contributed by atoms with Crippen molar-refractivity contribution in [1.29, 1.82) is 0 Å². The smallest absolute Gasteiger partial charge is 0.0529 e. The Hall–Kier alpha value is -2.28. The molecule has 1 aliphatic carbocycles. The van der Waals surface area contributed by atoms with E-state index in [1.54, 1.807) is 0 Å². The number of fused-ring (bicyclic) bond motifs is 6. The van der Waals surface area contributed by atoms with Gasteiger partial charge in [-0.25, -0.2) is 0 Å². The molecule has 2 heterocycles. The lowest BCUT2D eigenvalue weighted by Gasteiger charge is -2.07. The lowest BCUT2D eigenvalue weighted by molar-refractivity contribution is 0.970. The van der Waals surface area contributed by atoms with Crippen molar-refractivity contribution in [2.75, 3.05) is 0 Å². The highest BCUT2D eigenvalue weighted by molar-refractivity contribution is 5.85. The predicted octanol–water partition coefficient (Wildman–Crippen LogP) is 3.95. The molecule has 0 amide bonds. The first-order chi connectivity index (χ1) is 8.95. The zero-order valence-corrected chi connectivity index (χ0v) is 9.80. The third-order valence-corrected chi connectivity index (χ3v) is 4.27. The fourth-order valence-corrected chi connectivity index (χ4v) is 3.61. The molecule has 0 bridgehead atoms. The van der Waals surface area contributed by atoms with Crippen LogP contribution in [0.5, 0.6) is 0 Å². The fourth-order valence-electron chi connectivity index (χ4n) is 3.61. The molecule has 18 heavy (non-hydrogen) atoms. The second-order valence-electron chi connectivity index (χ2n) is 5.06. The minimum Gasteiger partial charge on any atom is -0.320 e. The summed E-state index contributed by atoms with van der Waals surface area (Å²) in [5.74, 6) is 0.447. The van der Waals surface area contributed by atoms with Gasteiger partial charge in [-0.05, 0) is 40.5 Å². The van der Waals surface area contributed by atoms with Crippen molar-refractivity contribution in [1.82, 2.24) is 4.57 Å². The highest BCUT2D eigenvalue weighted by Gasteiger charge is 2.38. The second kappa shape index (κ2) is 2.75. The highest BCUT2D eigenvalue weighted by Crippen LogP contribution is 2.53.